The first kappa shape index (κ1) is 26.9. The Labute approximate surface area is 219 Å². The summed E-state index contributed by atoms with van der Waals surface area (Å²) in [5, 5.41) is 0. The summed E-state index contributed by atoms with van der Waals surface area (Å²) in [5.74, 6) is -0.207. The lowest BCUT2D eigenvalue weighted by Crippen LogP contribution is -2.38. The molecule has 196 valence electrons. The molecule has 0 bridgehead atoms. The molecule has 0 saturated heterocycles. The molecule has 0 N–H and O–H groups in total. The van der Waals surface area contributed by atoms with Crippen molar-refractivity contribution >= 4 is 37.0 Å². The summed E-state index contributed by atoms with van der Waals surface area (Å²) in [5.41, 5.74) is 2.57. The number of aryl methyl sites for hydroxylation is 1. The van der Waals surface area contributed by atoms with Gasteiger partial charge in [-0.3, -0.25) is 0 Å². The highest BCUT2D eigenvalue weighted by Gasteiger charge is 2.40. The van der Waals surface area contributed by atoms with E-state index in [0.717, 1.165) is 11.1 Å². The summed E-state index contributed by atoms with van der Waals surface area (Å²) in [6.45, 7) is 12.1. The van der Waals surface area contributed by atoms with E-state index in [-0.39, 0.29) is 26.6 Å². The molecule has 1 aromatic heterocycles. The van der Waals surface area contributed by atoms with Gasteiger partial charge in [0.2, 0.25) is 5.95 Å². The van der Waals surface area contributed by atoms with Gasteiger partial charge in [-0.2, -0.15) is 16.8 Å². The molecule has 0 aliphatic heterocycles. The van der Waals surface area contributed by atoms with Crippen LogP contribution in [0, 0.1) is 0 Å². The van der Waals surface area contributed by atoms with Gasteiger partial charge in [0, 0.05) is 7.05 Å². The largest absolute Gasteiger partial charge is 0.312 e. The molecule has 0 aliphatic rings. The highest BCUT2D eigenvalue weighted by atomic mass is 32.3. The zero-order valence-electron chi connectivity index (χ0n) is 22.2. The second-order valence-electron chi connectivity index (χ2n) is 11.2. The van der Waals surface area contributed by atoms with E-state index >= 15 is 0 Å². The molecule has 0 unspecified atom stereocenters. The maximum Gasteiger partial charge on any atom is 0.280 e. The number of aromatic nitrogens is 2. The fraction of sp³-hybridized carbons (Fsp3) is 0.321. The zero-order valence-corrected chi connectivity index (χ0v) is 23.9. The molecule has 9 heteroatoms. The number of anilines is 1. The van der Waals surface area contributed by atoms with Gasteiger partial charge in [-0.25, -0.2) is 4.98 Å². The van der Waals surface area contributed by atoms with Crippen molar-refractivity contribution in [3.05, 3.63) is 83.9 Å². The molecule has 0 aliphatic carbocycles. The number of para-hydroxylation sites is 2. The van der Waals surface area contributed by atoms with Crippen molar-refractivity contribution in [3.8, 4) is 0 Å². The fourth-order valence-electron chi connectivity index (χ4n) is 4.09. The Kier molecular flexibility index (Phi) is 6.53. The number of benzene rings is 3. The van der Waals surface area contributed by atoms with E-state index in [9.17, 15) is 16.8 Å². The number of nitrogens with zero attached hydrogens (tertiary/aromatic N) is 3. The minimum Gasteiger partial charge on any atom is -0.312 e. The number of rotatable bonds is 5. The third kappa shape index (κ3) is 4.90. The Morgan fingerprint density at radius 1 is 0.649 bits per heavy atom. The molecule has 4 aromatic rings. The van der Waals surface area contributed by atoms with Crippen molar-refractivity contribution in [1.29, 1.82) is 0 Å². The molecule has 0 saturated carbocycles. The minimum atomic E-state index is -4.57. The van der Waals surface area contributed by atoms with Crippen molar-refractivity contribution in [1.82, 2.24) is 9.55 Å². The lowest BCUT2D eigenvalue weighted by atomic mass is 9.87. The molecule has 3 aromatic carbocycles. The van der Waals surface area contributed by atoms with Crippen LogP contribution in [0.1, 0.15) is 52.7 Å². The molecule has 4 rings (SSSR count). The zero-order chi connectivity index (χ0) is 27.4. The van der Waals surface area contributed by atoms with Crippen LogP contribution in [0.2, 0.25) is 0 Å². The van der Waals surface area contributed by atoms with E-state index in [2.05, 4.69) is 4.98 Å². The van der Waals surface area contributed by atoms with Crippen molar-refractivity contribution in [3.63, 3.8) is 0 Å². The number of hydrogen-bond acceptors (Lipinski definition) is 5. The lowest BCUT2D eigenvalue weighted by molar-refractivity contribution is 0.578. The van der Waals surface area contributed by atoms with E-state index in [4.69, 9.17) is 0 Å². The van der Waals surface area contributed by atoms with Gasteiger partial charge in [-0.1, -0.05) is 77.9 Å². The summed E-state index contributed by atoms with van der Waals surface area (Å²) in [6.07, 6.45) is 0. The Bertz CT molecular complexity index is 1570. The summed E-state index contributed by atoms with van der Waals surface area (Å²) < 4.78 is 58.2. The third-order valence-corrected chi connectivity index (χ3v) is 10.5. The van der Waals surface area contributed by atoms with Crippen LogP contribution in [-0.2, 0) is 37.9 Å². The smallest absolute Gasteiger partial charge is 0.280 e. The first-order valence-electron chi connectivity index (χ1n) is 12.0. The van der Waals surface area contributed by atoms with E-state index in [1.54, 1.807) is 55.6 Å². The second-order valence-corrected chi connectivity index (χ2v) is 15.0. The van der Waals surface area contributed by atoms with E-state index in [1.807, 2.05) is 41.5 Å². The predicted molar refractivity (Wildman–Crippen MR) is 148 cm³/mol. The first-order valence-corrected chi connectivity index (χ1v) is 14.9. The van der Waals surface area contributed by atoms with Crippen LogP contribution < -0.4 is 3.71 Å². The average molecular weight is 540 g/mol. The molecular weight excluding hydrogens is 506 g/mol. The van der Waals surface area contributed by atoms with Gasteiger partial charge in [0.25, 0.3) is 20.0 Å². The molecule has 1 heterocycles. The first-order chi connectivity index (χ1) is 17.0. The lowest BCUT2D eigenvalue weighted by Gasteiger charge is -2.25. The number of imidazole rings is 1. The maximum absolute atomic E-state index is 14.1. The van der Waals surface area contributed by atoms with Crippen molar-refractivity contribution in [2.24, 2.45) is 7.05 Å². The molecule has 37 heavy (non-hydrogen) atoms. The Morgan fingerprint density at radius 3 is 1.43 bits per heavy atom. The van der Waals surface area contributed by atoms with Gasteiger partial charge in [-0.05, 0) is 58.4 Å². The van der Waals surface area contributed by atoms with E-state index in [0.29, 0.717) is 14.7 Å². The standard InChI is InChI=1S/C28H33N3O4S2/c1-27(2,3)20-12-16-22(17-13-20)36(32,33)31(26-29-24-10-8-9-11-25(24)30(26)7)37(34,35)23-18-14-21(15-19-23)28(4,5)6/h8-19H,1-7H3. The third-order valence-electron chi connectivity index (χ3n) is 6.40. The number of hydrogen-bond donors (Lipinski definition) is 0. The normalized spacial score (nSPS) is 13.2. The average Bonchev–Trinajstić information content (AvgIpc) is 3.13. The van der Waals surface area contributed by atoms with E-state index in [1.165, 1.54) is 28.8 Å². The van der Waals surface area contributed by atoms with E-state index < -0.39 is 20.0 Å². The molecule has 0 atom stereocenters. The number of sulfonamides is 2. The Balaban J connectivity index is 1.95. The topological polar surface area (TPSA) is 89.3 Å². The van der Waals surface area contributed by atoms with Gasteiger partial charge in [0.05, 0.1) is 20.8 Å². The molecule has 7 nitrogen and oxygen atoms in total. The highest BCUT2D eigenvalue weighted by molar-refractivity contribution is 8.10. The molecular formula is C28H33N3O4S2. The summed E-state index contributed by atoms with van der Waals surface area (Å²) in [7, 11) is -7.53. The maximum atomic E-state index is 14.1. The molecule has 0 spiro atoms. The van der Waals surface area contributed by atoms with Crippen LogP contribution >= 0.6 is 0 Å². The van der Waals surface area contributed by atoms with Crippen LogP contribution in [-0.4, -0.2) is 26.4 Å². The Morgan fingerprint density at radius 2 is 1.05 bits per heavy atom. The highest BCUT2D eigenvalue weighted by Crippen LogP contribution is 2.34. The van der Waals surface area contributed by atoms with Gasteiger partial charge in [0.15, 0.2) is 0 Å². The monoisotopic (exact) mass is 539 g/mol. The minimum absolute atomic E-state index is 0.137. The fourth-order valence-corrected chi connectivity index (χ4v) is 7.73. The summed E-state index contributed by atoms with van der Waals surface area (Å²) in [4.78, 5) is 4.17. The van der Waals surface area contributed by atoms with Crippen LogP contribution in [0.3, 0.4) is 0 Å². The predicted octanol–water partition coefficient (Wildman–Crippen LogP) is 5.75. The second kappa shape index (κ2) is 8.99. The summed E-state index contributed by atoms with van der Waals surface area (Å²) >= 11 is 0. The van der Waals surface area contributed by atoms with Crippen LogP contribution in [0.15, 0.2) is 82.6 Å². The SMILES string of the molecule is Cn1c(N(S(=O)(=O)c2ccc(C(C)(C)C)cc2)S(=O)(=O)c2ccc(C(C)(C)C)cc2)nc2ccccc21. The van der Waals surface area contributed by atoms with Gasteiger partial charge < -0.3 is 4.57 Å². The van der Waals surface area contributed by atoms with Gasteiger partial charge >= 0.3 is 0 Å². The van der Waals surface area contributed by atoms with Crippen LogP contribution in [0.4, 0.5) is 5.95 Å². The molecule has 0 radical (unpaired) electrons. The molecule has 0 amide bonds. The Hall–Kier alpha value is -3.17. The van der Waals surface area contributed by atoms with Crippen molar-refractivity contribution in [2.45, 2.75) is 62.2 Å². The molecule has 0 fully saturated rings. The van der Waals surface area contributed by atoms with Gasteiger partial charge in [0.1, 0.15) is 0 Å². The summed E-state index contributed by atoms with van der Waals surface area (Å²) in [6, 6.07) is 19.7. The van der Waals surface area contributed by atoms with Crippen LogP contribution in [0.5, 0.6) is 0 Å². The van der Waals surface area contributed by atoms with Crippen LogP contribution in [0.25, 0.3) is 11.0 Å². The van der Waals surface area contributed by atoms with Crippen molar-refractivity contribution < 1.29 is 16.8 Å². The quantitative estimate of drug-likeness (QED) is 0.322. The number of fused-ring (bicyclic) bond motifs is 1. The van der Waals surface area contributed by atoms with Gasteiger partial charge in [-0.15, -0.1) is 3.71 Å². The van der Waals surface area contributed by atoms with Crippen molar-refractivity contribution in [2.75, 3.05) is 3.71 Å².